The van der Waals surface area contributed by atoms with Crippen LogP contribution in [0.25, 0.3) is 0 Å². The van der Waals surface area contributed by atoms with E-state index in [4.69, 9.17) is 0 Å². The fourth-order valence-electron chi connectivity index (χ4n) is 1.00. The van der Waals surface area contributed by atoms with E-state index in [0.717, 1.165) is 5.33 Å². The predicted octanol–water partition coefficient (Wildman–Crippen LogP) is 4.01. The van der Waals surface area contributed by atoms with Crippen LogP contribution in [0.3, 0.4) is 0 Å². The number of alkyl halides is 4. The summed E-state index contributed by atoms with van der Waals surface area (Å²) in [6.07, 6.45) is -3.59. The van der Waals surface area contributed by atoms with E-state index in [1.165, 1.54) is 0 Å². The van der Waals surface area contributed by atoms with Crippen molar-refractivity contribution in [1.29, 1.82) is 0 Å². The predicted molar refractivity (Wildman–Crippen MR) is 58.2 cm³/mol. The molecular weight excluding hydrogens is 273 g/mol. The highest BCUT2D eigenvalue weighted by Gasteiger charge is 2.30. The normalized spacial score (nSPS) is 16.8. The molecule has 0 aliphatic carbocycles. The van der Waals surface area contributed by atoms with Crippen molar-refractivity contribution in [2.45, 2.75) is 33.4 Å². The van der Waals surface area contributed by atoms with Crippen molar-refractivity contribution in [3.05, 3.63) is 0 Å². The molecule has 0 radical (unpaired) electrons. The van der Waals surface area contributed by atoms with Crippen LogP contribution in [-0.4, -0.2) is 24.7 Å². The molecule has 0 aliphatic rings. The zero-order chi connectivity index (χ0) is 12.1. The zero-order valence-electron chi connectivity index (χ0n) is 9.33. The summed E-state index contributed by atoms with van der Waals surface area (Å²) in [5.41, 5.74) is -0.00833. The standard InChI is InChI=1S/C10H18BrF3O/c1-8(2)9(3,6-11)4-5-15-7-10(12,13)14/h8H,4-7H2,1-3H3. The summed E-state index contributed by atoms with van der Waals surface area (Å²) in [6, 6.07) is 0. The van der Waals surface area contributed by atoms with Gasteiger partial charge in [0.15, 0.2) is 0 Å². The summed E-state index contributed by atoms with van der Waals surface area (Å²) >= 11 is 3.39. The Balaban J connectivity index is 3.84. The first kappa shape index (κ1) is 15.2. The maximum absolute atomic E-state index is 11.8. The second kappa shape index (κ2) is 6.09. The van der Waals surface area contributed by atoms with Crippen LogP contribution in [-0.2, 0) is 4.74 Å². The Labute approximate surface area is 97.5 Å². The van der Waals surface area contributed by atoms with Gasteiger partial charge in [-0.2, -0.15) is 13.2 Å². The summed E-state index contributed by atoms with van der Waals surface area (Å²) in [6.45, 7) is 5.17. The van der Waals surface area contributed by atoms with E-state index in [2.05, 4.69) is 34.5 Å². The third-order valence-electron chi connectivity index (χ3n) is 2.78. The summed E-state index contributed by atoms with van der Waals surface area (Å²) < 4.78 is 39.9. The van der Waals surface area contributed by atoms with Gasteiger partial charge in [0.2, 0.25) is 0 Å². The highest BCUT2D eigenvalue weighted by atomic mass is 79.9. The monoisotopic (exact) mass is 290 g/mol. The third kappa shape index (κ3) is 6.40. The molecule has 0 N–H and O–H groups in total. The van der Waals surface area contributed by atoms with Crippen molar-refractivity contribution < 1.29 is 17.9 Å². The zero-order valence-corrected chi connectivity index (χ0v) is 10.9. The maximum atomic E-state index is 11.8. The van der Waals surface area contributed by atoms with Crippen LogP contribution in [0.15, 0.2) is 0 Å². The first-order chi connectivity index (χ1) is 6.71. The van der Waals surface area contributed by atoms with Gasteiger partial charge in [0.05, 0.1) is 0 Å². The Morgan fingerprint density at radius 3 is 2.13 bits per heavy atom. The van der Waals surface area contributed by atoms with Crippen molar-refractivity contribution in [3.8, 4) is 0 Å². The maximum Gasteiger partial charge on any atom is 0.411 e. The fraction of sp³-hybridized carbons (Fsp3) is 1.00. The Morgan fingerprint density at radius 2 is 1.80 bits per heavy atom. The quantitative estimate of drug-likeness (QED) is 0.530. The number of hydrogen-bond donors (Lipinski definition) is 0. The first-order valence-corrected chi connectivity index (χ1v) is 6.04. The van der Waals surface area contributed by atoms with Crippen LogP contribution in [0.4, 0.5) is 13.2 Å². The van der Waals surface area contributed by atoms with Gasteiger partial charge in [-0.15, -0.1) is 0 Å². The van der Waals surface area contributed by atoms with Crippen molar-refractivity contribution in [3.63, 3.8) is 0 Å². The van der Waals surface area contributed by atoms with Gasteiger partial charge in [-0.05, 0) is 17.8 Å². The van der Waals surface area contributed by atoms with Crippen LogP contribution in [0, 0.1) is 11.3 Å². The molecule has 0 heterocycles. The van der Waals surface area contributed by atoms with Gasteiger partial charge in [0, 0.05) is 11.9 Å². The van der Waals surface area contributed by atoms with E-state index in [1.54, 1.807) is 0 Å². The lowest BCUT2D eigenvalue weighted by Gasteiger charge is -2.31. The molecule has 0 saturated carbocycles. The molecule has 92 valence electrons. The van der Waals surface area contributed by atoms with Gasteiger partial charge in [-0.3, -0.25) is 0 Å². The summed E-state index contributed by atoms with van der Waals surface area (Å²) in [7, 11) is 0. The van der Waals surface area contributed by atoms with Gasteiger partial charge >= 0.3 is 6.18 Å². The molecule has 0 fully saturated rings. The van der Waals surface area contributed by atoms with Crippen molar-refractivity contribution in [2.24, 2.45) is 11.3 Å². The molecule has 15 heavy (non-hydrogen) atoms. The number of hydrogen-bond acceptors (Lipinski definition) is 1. The second-order valence-electron chi connectivity index (χ2n) is 4.36. The molecule has 0 saturated heterocycles. The minimum atomic E-state index is -4.22. The van der Waals surface area contributed by atoms with E-state index in [1.807, 2.05) is 6.92 Å². The van der Waals surface area contributed by atoms with Crippen LogP contribution in [0.1, 0.15) is 27.2 Å². The fourth-order valence-corrected chi connectivity index (χ4v) is 1.93. The lowest BCUT2D eigenvalue weighted by atomic mass is 9.78. The van der Waals surface area contributed by atoms with E-state index in [9.17, 15) is 13.2 Å². The second-order valence-corrected chi connectivity index (χ2v) is 4.92. The summed E-state index contributed by atoms with van der Waals surface area (Å²) in [5, 5.41) is 0.771. The highest BCUT2D eigenvalue weighted by molar-refractivity contribution is 9.09. The Kier molecular flexibility index (Phi) is 6.18. The number of rotatable bonds is 6. The van der Waals surface area contributed by atoms with Crippen molar-refractivity contribution >= 4 is 15.9 Å². The SMILES string of the molecule is CC(C)C(C)(CBr)CCOCC(F)(F)F. The topological polar surface area (TPSA) is 9.23 Å². The Bertz CT molecular complexity index is 182. The Morgan fingerprint density at radius 1 is 1.27 bits per heavy atom. The summed E-state index contributed by atoms with van der Waals surface area (Å²) in [4.78, 5) is 0. The molecule has 0 amide bonds. The number of halogens is 4. The summed E-state index contributed by atoms with van der Waals surface area (Å²) in [5.74, 6) is 0.409. The van der Waals surface area contributed by atoms with E-state index >= 15 is 0 Å². The molecule has 0 aromatic carbocycles. The van der Waals surface area contributed by atoms with E-state index in [0.29, 0.717) is 12.3 Å². The molecule has 0 aromatic heterocycles. The largest absolute Gasteiger partial charge is 0.411 e. The van der Waals surface area contributed by atoms with Crippen molar-refractivity contribution in [1.82, 2.24) is 0 Å². The van der Waals surface area contributed by atoms with Crippen molar-refractivity contribution in [2.75, 3.05) is 18.5 Å². The minimum absolute atomic E-state index is 0.00833. The Hall–Kier alpha value is 0.230. The van der Waals surface area contributed by atoms with Crippen LogP contribution >= 0.6 is 15.9 Å². The molecule has 0 bridgehead atoms. The van der Waals surface area contributed by atoms with Crippen LogP contribution in [0.2, 0.25) is 0 Å². The first-order valence-electron chi connectivity index (χ1n) is 4.92. The lowest BCUT2D eigenvalue weighted by molar-refractivity contribution is -0.175. The molecule has 0 spiro atoms. The van der Waals surface area contributed by atoms with Gasteiger partial charge < -0.3 is 4.74 Å². The molecule has 1 nitrogen and oxygen atoms in total. The van der Waals surface area contributed by atoms with Gasteiger partial charge in [-0.25, -0.2) is 0 Å². The minimum Gasteiger partial charge on any atom is -0.372 e. The smallest absolute Gasteiger partial charge is 0.372 e. The molecule has 1 unspecified atom stereocenters. The third-order valence-corrected chi connectivity index (χ3v) is 4.06. The van der Waals surface area contributed by atoms with E-state index < -0.39 is 12.8 Å². The molecular formula is C10H18BrF3O. The molecule has 1 atom stereocenters. The molecule has 5 heteroatoms. The highest BCUT2D eigenvalue weighted by Crippen LogP contribution is 2.33. The average molecular weight is 291 g/mol. The van der Waals surface area contributed by atoms with Crippen LogP contribution in [0.5, 0.6) is 0 Å². The van der Waals surface area contributed by atoms with Gasteiger partial charge in [-0.1, -0.05) is 36.7 Å². The average Bonchev–Trinajstić information content (AvgIpc) is 2.10. The molecule has 0 rings (SSSR count). The lowest BCUT2D eigenvalue weighted by Crippen LogP contribution is -2.28. The van der Waals surface area contributed by atoms with Crippen LogP contribution < -0.4 is 0 Å². The molecule has 0 aliphatic heterocycles. The number of ether oxygens (including phenoxy) is 1. The van der Waals surface area contributed by atoms with Gasteiger partial charge in [0.1, 0.15) is 6.61 Å². The molecule has 0 aromatic rings. The van der Waals surface area contributed by atoms with Gasteiger partial charge in [0.25, 0.3) is 0 Å². The van der Waals surface area contributed by atoms with E-state index in [-0.39, 0.29) is 12.0 Å².